The van der Waals surface area contributed by atoms with E-state index in [0.717, 1.165) is 35.1 Å². The fraction of sp³-hybridized carbons (Fsp3) is 0.531. The molecule has 4 aromatic rings. The van der Waals surface area contributed by atoms with Gasteiger partial charge in [-0.15, -0.1) is 0 Å². The summed E-state index contributed by atoms with van der Waals surface area (Å²) >= 11 is 0. The van der Waals surface area contributed by atoms with Crippen LogP contribution in [0.2, 0.25) is 0 Å². The molecule has 8 rings (SSSR count). The number of nitrogens with one attached hydrogen (secondary N) is 4. The molecule has 16 nitrogen and oxygen atoms in total. The van der Waals surface area contributed by atoms with Crippen molar-refractivity contribution in [3.63, 3.8) is 0 Å². The van der Waals surface area contributed by atoms with Gasteiger partial charge in [0.1, 0.15) is 12.1 Å². The van der Waals surface area contributed by atoms with Gasteiger partial charge in [-0.05, 0) is 150 Å². The molecule has 8 atom stereocenters. The Morgan fingerprint density at radius 3 is 1.20 bits per heavy atom. The summed E-state index contributed by atoms with van der Waals surface area (Å²) < 4.78 is 11.3. The minimum atomic E-state index is -0.693. The quantitative estimate of drug-likeness (QED) is 0.0665. The number of carbonyl (C=O) groups is 6. The zero-order valence-corrected chi connectivity index (χ0v) is 47.9. The lowest BCUT2D eigenvalue weighted by Gasteiger charge is -2.37. The van der Waals surface area contributed by atoms with Crippen LogP contribution in [0.4, 0.5) is 0 Å². The zero-order valence-electron chi connectivity index (χ0n) is 47.9. The van der Waals surface area contributed by atoms with Crippen molar-refractivity contribution in [3.05, 3.63) is 131 Å². The predicted octanol–water partition coefficient (Wildman–Crippen LogP) is 6.24. The van der Waals surface area contributed by atoms with Crippen LogP contribution in [0.1, 0.15) is 98.1 Å². The largest absolute Gasteiger partial charge is 0.381 e. The molecular formula is C64H86N8O8. The fourth-order valence-corrected chi connectivity index (χ4v) is 12.0. The number of likely N-dealkylation sites (N-methyl/N-ethyl adjacent to an activating group) is 2. The number of ether oxygens (including phenoxy) is 2. The topological polar surface area (TPSA) is 182 Å². The van der Waals surface area contributed by atoms with E-state index in [0.29, 0.717) is 115 Å². The van der Waals surface area contributed by atoms with Crippen molar-refractivity contribution < 1.29 is 38.2 Å². The molecule has 430 valence electrons. The van der Waals surface area contributed by atoms with Gasteiger partial charge < -0.3 is 50.3 Å². The van der Waals surface area contributed by atoms with Gasteiger partial charge in [-0.1, -0.05) is 98.8 Å². The van der Waals surface area contributed by atoms with Gasteiger partial charge in [-0.3, -0.25) is 28.8 Å². The Balaban J connectivity index is 0.989. The number of hydrogen-bond acceptors (Lipinski definition) is 10. The molecule has 0 unspecified atom stereocenters. The molecule has 0 spiro atoms. The zero-order chi connectivity index (χ0) is 56.7. The molecule has 16 heteroatoms. The molecule has 0 aromatic heterocycles. The molecule has 4 aromatic carbocycles. The molecule has 4 aliphatic heterocycles. The van der Waals surface area contributed by atoms with Gasteiger partial charge in [0, 0.05) is 76.8 Å². The first-order chi connectivity index (χ1) is 38.7. The third kappa shape index (κ3) is 15.1. The number of hydrogen-bond donors (Lipinski definition) is 4. The summed E-state index contributed by atoms with van der Waals surface area (Å²) in [5.74, 6) is -0.765. The summed E-state index contributed by atoms with van der Waals surface area (Å²) in [6.07, 6.45) is 5.56. The molecule has 0 saturated carbocycles. The Bertz CT molecular complexity index is 2480. The van der Waals surface area contributed by atoms with E-state index in [4.69, 9.17) is 9.47 Å². The Kier molecular flexibility index (Phi) is 21.5. The smallest absolute Gasteiger partial charge is 0.253 e. The number of carbonyl (C=O) groups excluding carboxylic acids is 6. The molecule has 4 saturated heterocycles. The van der Waals surface area contributed by atoms with Crippen LogP contribution in [0.3, 0.4) is 0 Å². The van der Waals surface area contributed by atoms with Crippen LogP contribution in [0.25, 0.3) is 11.1 Å². The standard InChI is InChI=1S/C64H86N8O8/c1-43-25-35-71(63(77)57(51-29-37-79-38-30-51)67-59(73)45(3)65-5)55(43)41-69(33-27-47-13-9-7-10-14-47)61(75)53-21-17-49(18-22-53)50-19-23-54(24-20-50)62(76)70(34-28-48-15-11-8-12-16-48)42-56-44(2)26-36-72(56)64(78)58(52-31-39-80-40-32-52)68-60(74)46(4)66-6/h7-24,43-46,51-52,55-58,65-66H,25-42H2,1-6H3,(H,67,73)(H,68,74)/t43-,44-,45-,46-,55+,56+,57-,58-/m0/s1. The van der Waals surface area contributed by atoms with Crippen LogP contribution in [0.5, 0.6) is 0 Å². The van der Waals surface area contributed by atoms with E-state index in [9.17, 15) is 28.8 Å². The van der Waals surface area contributed by atoms with E-state index in [1.807, 2.05) is 105 Å². The van der Waals surface area contributed by atoms with Gasteiger partial charge in [0.05, 0.1) is 24.2 Å². The second kappa shape index (κ2) is 28.8. The minimum Gasteiger partial charge on any atom is -0.381 e. The SMILES string of the molecule is CN[C@@H](C)C(=O)N[C@H](C(=O)N1CC[C@H](C)[C@H]1CN(CCc1ccccc1)C(=O)c1ccc(-c2ccc(C(=O)N(CCc3ccccc3)C[C@@H]3[C@@H](C)CCN3C(=O)[C@@H](NC(=O)[C@H](C)NC)C3CCOCC3)cc2)cc1)C1CCOCC1. The van der Waals surface area contributed by atoms with Crippen molar-refractivity contribution in [2.45, 2.75) is 115 Å². The van der Waals surface area contributed by atoms with Crippen LogP contribution in [-0.4, -0.2) is 171 Å². The van der Waals surface area contributed by atoms with Gasteiger partial charge >= 0.3 is 0 Å². The number of likely N-dealkylation sites (tertiary alicyclic amines) is 2. The summed E-state index contributed by atoms with van der Waals surface area (Å²) in [6.45, 7) is 12.7. The van der Waals surface area contributed by atoms with Crippen LogP contribution >= 0.6 is 0 Å². The average molecular weight is 1100 g/mol. The van der Waals surface area contributed by atoms with Crippen molar-refractivity contribution in [2.75, 3.05) is 79.8 Å². The molecule has 4 N–H and O–H groups in total. The number of nitrogens with zero attached hydrogens (tertiary/aromatic N) is 4. The second-order valence-corrected chi connectivity index (χ2v) is 22.8. The number of amides is 6. The maximum atomic E-state index is 14.8. The number of benzene rings is 4. The molecular weight excluding hydrogens is 1010 g/mol. The average Bonchev–Trinajstić information content (AvgIpc) is 4.07. The molecule has 4 fully saturated rings. The van der Waals surface area contributed by atoms with E-state index in [2.05, 4.69) is 59.4 Å². The summed E-state index contributed by atoms with van der Waals surface area (Å²) in [4.78, 5) is 93.2. The Labute approximate surface area is 474 Å². The molecule has 4 aliphatic rings. The van der Waals surface area contributed by atoms with E-state index in [1.165, 1.54) is 0 Å². The maximum absolute atomic E-state index is 14.8. The second-order valence-electron chi connectivity index (χ2n) is 22.8. The molecule has 0 bridgehead atoms. The first-order valence-electron chi connectivity index (χ1n) is 29.3. The summed E-state index contributed by atoms with van der Waals surface area (Å²) in [7, 11) is 3.46. The van der Waals surface area contributed by atoms with E-state index in [-0.39, 0.29) is 71.2 Å². The number of rotatable bonds is 23. The van der Waals surface area contributed by atoms with Gasteiger partial charge in [0.25, 0.3) is 11.8 Å². The molecule has 6 amide bonds. The van der Waals surface area contributed by atoms with Crippen molar-refractivity contribution in [2.24, 2.45) is 23.7 Å². The lowest BCUT2D eigenvalue weighted by atomic mass is 9.90. The minimum absolute atomic E-state index is 0.0568. The van der Waals surface area contributed by atoms with Gasteiger partial charge in [-0.2, -0.15) is 0 Å². The Morgan fingerprint density at radius 2 is 0.863 bits per heavy atom. The van der Waals surface area contributed by atoms with Crippen molar-refractivity contribution >= 4 is 35.4 Å². The predicted molar refractivity (Wildman–Crippen MR) is 311 cm³/mol. The highest BCUT2D eigenvalue weighted by atomic mass is 16.5. The van der Waals surface area contributed by atoms with E-state index in [1.54, 1.807) is 27.9 Å². The first kappa shape index (κ1) is 59.7. The third-order valence-electron chi connectivity index (χ3n) is 17.6. The summed E-state index contributed by atoms with van der Waals surface area (Å²) in [5.41, 5.74) is 5.05. The van der Waals surface area contributed by atoms with Crippen molar-refractivity contribution in [1.82, 2.24) is 40.9 Å². The molecule has 0 radical (unpaired) electrons. The highest BCUT2D eigenvalue weighted by Crippen LogP contribution is 2.32. The third-order valence-corrected chi connectivity index (χ3v) is 17.6. The van der Waals surface area contributed by atoms with E-state index < -0.39 is 24.2 Å². The lowest BCUT2D eigenvalue weighted by molar-refractivity contribution is -0.140. The maximum Gasteiger partial charge on any atom is 0.253 e. The Morgan fingerprint density at radius 1 is 0.512 bits per heavy atom. The summed E-state index contributed by atoms with van der Waals surface area (Å²) in [5, 5.41) is 12.2. The lowest BCUT2D eigenvalue weighted by Crippen LogP contribution is -2.58. The Hall–Kier alpha value is -6.46. The normalized spacial score (nSPS) is 21.3. The molecule has 80 heavy (non-hydrogen) atoms. The van der Waals surface area contributed by atoms with Gasteiger partial charge in [0.15, 0.2) is 0 Å². The monoisotopic (exact) mass is 1090 g/mol. The summed E-state index contributed by atoms with van der Waals surface area (Å²) in [6, 6.07) is 32.6. The highest BCUT2D eigenvalue weighted by Gasteiger charge is 2.44. The molecule has 0 aliphatic carbocycles. The van der Waals surface area contributed by atoms with Crippen LogP contribution < -0.4 is 21.3 Å². The van der Waals surface area contributed by atoms with E-state index >= 15 is 0 Å². The highest BCUT2D eigenvalue weighted by molar-refractivity contribution is 5.96. The van der Waals surface area contributed by atoms with Crippen molar-refractivity contribution in [3.8, 4) is 11.1 Å². The molecule has 4 heterocycles. The van der Waals surface area contributed by atoms with Gasteiger partial charge in [0.2, 0.25) is 23.6 Å². The first-order valence-corrected chi connectivity index (χ1v) is 29.3. The van der Waals surface area contributed by atoms with Crippen LogP contribution in [-0.2, 0) is 41.5 Å². The van der Waals surface area contributed by atoms with Crippen LogP contribution in [0, 0.1) is 23.7 Å². The van der Waals surface area contributed by atoms with Crippen molar-refractivity contribution in [1.29, 1.82) is 0 Å². The van der Waals surface area contributed by atoms with Crippen LogP contribution in [0.15, 0.2) is 109 Å². The fourth-order valence-electron chi connectivity index (χ4n) is 12.0. The van der Waals surface area contributed by atoms with Gasteiger partial charge in [-0.25, -0.2) is 0 Å².